The predicted molar refractivity (Wildman–Crippen MR) is 83.6 cm³/mol. The fourth-order valence-corrected chi connectivity index (χ4v) is 3.27. The summed E-state index contributed by atoms with van der Waals surface area (Å²) >= 11 is 0. The van der Waals surface area contributed by atoms with Crippen LogP contribution < -0.4 is 10.6 Å². The molecule has 1 fully saturated rings. The molecular formula is C17H26N2O. The first-order valence-corrected chi connectivity index (χ1v) is 7.70. The topological polar surface area (TPSA) is 41.1 Å². The van der Waals surface area contributed by atoms with Crippen molar-refractivity contribution >= 4 is 11.6 Å². The summed E-state index contributed by atoms with van der Waals surface area (Å²) in [5.41, 5.74) is 2.13. The van der Waals surface area contributed by atoms with E-state index in [1.807, 2.05) is 12.1 Å². The summed E-state index contributed by atoms with van der Waals surface area (Å²) in [6.45, 7) is 7.11. The highest BCUT2D eigenvalue weighted by Gasteiger charge is 2.30. The lowest BCUT2D eigenvalue weighted by Crippen LogP contribution is -2.32. The minimum atomic E-state index is -0.0266. The zero-order valence-electron chi connectivity index (χ0n) is 12.8. The summed E-state index contributed by atoms with van der Waals surface area (Å²) < 4.78 is 0. The van der Waals surface area contributed by atoms with Gasteiger partial charge in [0.2, 0.25) is 5.91 Å². The van der Waals surface area contributed by atoms with Gasteiger partial charge in [0.05, 0.1) is 0 Å². The number of benzene rings is 1. The molecule has 2 rings (SSSR count). The normalized spacial score (nSPS) is 25.6. The molecule has 1 aromatic carbocycles. The van der Waals surface area contributed by atoms with Crippen LogP contribution in [0.2, 0.25) is 0 Å². The molecule has 1 aromatic rings. The maximum atomic E-state index is 11.0. The van der Waals surface area contributed by atoms with Gasteiger partial charge in [0.25, 0.3) is 0 Å². The van der Waals surface area contributed by atoms with Crippen LogP contribution in [0, 0.1) is 11.8 Å². The van der Waals surface area contributed by atoms with Crippen molar-refractivity contribution in [2.75, 3.05) is 5.32 Å². The van der Waals surface area contributed by atoms with E-state index in [1.165, 1.54) is 31.7 Å². The van der Waals surface area contributed by atoms with Crippen LogP contribution in [-0.2, 0) is 11.3 Å². The number of carbonyl (C=O) groups is 1. The number of carbonyl (C=O) groups excluding carboxylic acids is 1. The Morgan fingerprint density at radius 3 is 2.50 bits per heavy atom. The highest BCUT2D eigenvalue weighted by Crippen LogP contribution is 2.33. The third-order valence-electron chi connectivity index (χ3n) is 4.59. The highest BCUT2D eigenvalue weighted by molar-refractivity contribution is 5.88. The standard InChI is InChI=1S/C17H26N2O/c1-4-15-7-10-17(12(15)2)18-11-14-5-8-16(9-6-14)19-13(3)20/h5-6,8-9,12,15,17-18H,4,7,10-11H2,1-3H3,(H,19,20). The third kappa shape index (κ3) is 3.83. The molecule has 20 heavy (non-hydrogen) atoms. The molecule has 1 aliphatic carbocycles. The minimum absolute atomic E-state index is 0.0266. The van der Waals surface area contributed by atoms with Crippen molar-refractivity contribution in [2.24, 2.45) is 11.8 Å². The molecule has 1 amide bonds. The van der Waals surface area contributed by atoms with E-state index in [0.29, 0.717) is 6.04 Å². The van der Waals surface area contributed by atoms with Crippen molar-refractivity contribution in [3.05, 3.63) is 29.8 Å². The van der Waals surface area contributed by atoms with Gasteiger partial charge in [-0.3, -0.25) is 4.79 Å². The van der Waals surface area contributed by atoms with Gasteiger partial charge in [0.1, 0.15) is 0 Å². The Hall–Kier alpha value is -1.35. The van der Waals surface area contributed by atoms with Crippen LogP contribution in [0.1, 0.15) is 45.6 Å². The molecule has 1 saturated carbocycles. The Kier molecular flexibility index (Phi) is 5.18. The van der Waals surface area contributed by atoms with Crippen LogP contribution >= 0.6 is 0 Å². The zero-order valence-corrected chi connectivity index (χ0v) is 12.8. The van der Waals surface area contributed by atoms with Crippen LogP contribution in [0.3, 0.4) is 0 Å². The van der Waals surface area contributed by atoms with Crippen LogP contribution in [-0.4, -0.2) is 11.9 Å². The zero-order chi connectivity index (χ0) is 14.5. The molecule has 3 atom stereocenters. The number of hydrogen-bond acceptors (Lipinski definition) is 2. The van der Waals surface area contributed by atoms with Crippen molar-refractivity contribution in [2.45, 2.75) is 52.6 Å². The summed E-state index contributed by atoms with van der Waals surface area (Å²) in [5, 5.41) is 6.48. The smallest absolute Gasteiger partial charge is 0.221 e. The molecule has 3 heteroatoms. The quantitative estimate of drug-likeness (QED) is 0.862. The summed E-state index contributed by atoms with van der Waals surface area (Å²) in [4.78, 5) is 11.0. The Balaban J connectivity index is 1.84. The number of nitrogens with one attached hydrogen (secondary N) is 2. The number of hydrogen-bond donors (Lipinski definition) is 2. The Morgan fingerprint density at radius 2 is 1.95 bits per heavy atom. The SMILES string of the molecule is CCC1CCC(NCc2ccc(NC(C)=O)cc2)C1C. The molecule has 0 aliphatic heterocycles. The first-order valence-electron chi connectivity index (χ1n) is 7.70. The predicted octanol–water partition coefficient (Wildman–Crippen LogP) is 3.56. The second kappa shape index (κ2) is 6.89. The molecule has 0 radical (unpaired) electrons. The third-order valence-corrected chi connectivity index (χ3v) is 4.59. The number of rotatable bonds is 5. The molecule has 1 aliphatic rings. The summed E-state index contributed by atoms with van der Waals surface area (Å²) in [6, 6.07) is 8.73. The molecule has 110 valence electrons. The second-order valence-corrected chi connectivity index (χ2v) is 5.97. The molecule has 0 spiro atoms. The lowest BCUT2D eigenvalue weighted by atomic mass is 9.93. The lowest BCUT2D eigenvalue weighted by Gasteiger charge is -2.21. The largest absolute Gasteiger partial charge is 0.326 e. The van der Waals surface area contributed by atoms with Gasteiger partial charge < -0.3 is 10.6 Å². The van der Waals surface area contributed by atoms with Gasteiger partial charge in [-0.05, 0) is 42.4 Å². The maximum Gasteiger partial charge on any atom is 0.221 e. The number of anilines is 1. The molecule has 0 bridgehead atoms. The lowest BCUT2D eigenvalue weighted by molar-refractivity contribution is -0.114. The van der Waals surface area contributed by atoms with Crippen LogP contribution in [0.25, 0.3) is 0 Å². The molecule has 3 unspecified atom stereocenters. The van der Waals surface area contributed by atoms with Gasteiger partial charge in [-0.15, -0.1) is 0 Å². The highest BCUT2D eigenvalue weighted by atomic mass is 16.1. The second-order valence-electron chi connectivity index (χ2n) is 5.97. The fraction of sp³-hybridized carbons (Fsp3) is 0.588. The van der Waals surface area contributed by atoms with Crippen molar-refractivity contribution < 1.29 is 4.79 Å². The van der Waals surface area contributed by atoms with Gasteiger partial charge in [0.15, 0.2) is 0 Å². The monoisotopic (exact) mass is 274 g/mol. The summed E-state index contributed by atoms with van der Waals surface area (Å²) in [5.74, 6) is 1.63. The Bertz CT molecular complexity index is 441. The van der Waals surface area contributed by atoms with Crippen molar-refractivity contribution in [3.8, 4) is 0 Å². The first kappa shape index (κ1) is 15.0. The maximum absolute atomic E-state index is 11.0. The van der Waals surface area contributed by atoms with Gasteiger partial charge in [-0.25, -0.2) is 0 Å². The van der Waals surface area contributed by atoms with Crippen LogP contribution in [0.15, 0.2) is 24.3 Å². The van der Waals surface area contributed by atoms with E-state index in [4.69, 9.17) is 0 Å². The summed E-state index contributed by atoms with van der Waals surface area (Å²) in [7, 11) is 0. The van der Waals surface area contributed by atoms with Crippen LogP contribution in [0.4, 0.5) is 5.69 Å². The summed E-state index contributed by atoms with van der Waals surface area (Å²) in [6.07, 6.45) is 3.95. The average Bonchev–Trinajstić information content (AvgIpc) is 2.78. The van der Waals surface area contributed by atoms with Crippen molar-refractivity contribution in [3.63, 3.8) is 0 Å². The van der Waals surface area contributed by atoms with E-state index >= 15 is 0 Å². The molecule has 0 aromatic heterocycles. The molecule has 2 N–H and O–H groups in total. The first-order chi connectivity index (χ1) is 9.60. The van der Waals surface area contributed by atoms with Crippen LogP contribution in [0.5, 0.6) is 0 Å². The minimum Gasteiger partial charge on any atom is -0.326 e. The van der Waals surface area contributed by atoms with E-state index in [9.17, 15) is 4.79 Å². The van der Waals surface area contributed by atoms with E-state index < -0.39 is 0 Å². The number of amides is 1. The van der Waals surface area contributed by atoms with Crippen molar-refractivity contribution in [1.29, 1.82) is 0 Å². The van der Waals surface area contributed by atoms with E-state index in [1.54, 1.807) is 0 Å². The molecule has 3 nitrogen and oxygen atoms in total. The Labute approximate surface area is 122 Å². The van der Waals surface area contributed by atoms with Gasteiger partial charge in [-0.1, -0.05) is 32.4 Å². The van der Waals surface area contributed by atoms with Gasteiger partial charge in [-0.2, -0.15) is 0 Å². The Morgan fingerprint density at radius 1 is 1.25 bits per heavy atom. The van der Waals surface area contributed by atoms with Crippen molar-refractivity contribution in [1.82, 2.24) is 5.32 Å². The molecule has 0 heterocycles. The van der Waals surface area contributed by atoms with E-state index in [2.05, 4.69) is 36.6 Å². The average molecular weight is 274 g/mol. The molecule has 0 saturated heterocycles. The fourth-order valence-electron chi connectivity index (χ4n) is 3.27. The van der Waals surface area contributed by atoms with Gasteiger partial charge >= 0.3 is 0 Å². The van der Waals surface area contributed by atoms with E-state index in [0.717, 1.165) is 24.1 Å². The van der Waals surface area contributed by atoms with Gasteiger partial charge in [0, 0.05) is 25.2 Å². The van der Waals surface area contributed by atoms with E-state index in [-0.39, 0.29) is 5.91 Å². The molecular weight excluding hydrogens is 248 g/mol.